The summed E-state index contributed by atoms with van der Waals surface area (Å²) in [5, 5.41) is 0.813. The molecule has 1 aromatic rings. The molecule has 0 aliphatic heterocycles. The van der Waals surface area contributed by atoms with Gasteiger partial charge in [0.2, 0.25) is 5.91 Å². The lowest BCUT2D eigenvalue weighted by Gasteiger charge is -2.10. The smallest absolute Gasteiger partial charge is 0.276 e. The third kappa shape index (κ3) is 4.16. The van der Waals surface area contributed by atoms with E-state index in [2.05, 4.69) is 10.9 Å². The first kappa shape index (κ1) is 15.2. The number of nitrogens with one attached hydrogen (secondary N) is 2. The van der Waals surface area contributed by atoms with Gasteiger partial charge >= 0.3 is 0 Å². The third-order valence-electron chi connectivity index (χ3n) is 2.61. The Hall–Kier alpha value is -1.17. The van der Waals surface area contributed by atoms with Gasteiger partial charge in [-0.1, -0.05) is 34.8 Å². The number of hydrogen-bond donors (Lipinski definition) is 2. The summed E-state index contributed by atoms with van der Waals surface area (Å²) in [6.45, 7) is -0.303. The predicted octanol–water partition coefficient (Wildman–Crippen LogP) is 2.58. The van der Waals surface area contributed by atoms with Crippen molar-refractivity contribution in [3.05, 3.63) is 27.2 Å². The van der Waals surface area contributed by atoms with Crippen molar-refractivity contribution in [2.75, 3.05) is 6.61 Å². The van der Waals surface area contributed by atoms with Crippen molar-refractivity contribution in [1.82, 2.24) is 10.9 Å². The van der Waals surface area contributed by atoms with E-state index in [-0.39, 0.29) is 34.2 Å². The Kier molecular flexibility index (Phi) is 4.96. The number of benzene rings is 1. The topological polar surface area (TPSA) is 67.4 Å². The zero-order valence-electron chi connectivity index (χ0n) is 10.2. The molecule has 0 unspecified atom stereocenters. The summed E-state index contributed by atoms with van der Waals surface area (Å²) in [5.41, 5.74) is 4.57. The van der Waals surface area contributed by atoms with Crippen molar-refractivity contribution in [2.24, 2.45) is 5.92 Å². The van der Waals surface area contributed by atoms with E-state index >= 15 is 0 Å². The van der Waals surface area contributed by atoms with Crippen molar-refractivity contribution >= 4 is 46.6 Å². The van der Waals surface area contributed by atoms with Gasteiger partial charge < -0.3 is 4.74 Å². The predicted molar refractivity (Wildman–Crippen MR) is 76.0 cm³/mol. The standard InChI is InChI=1S/C12H11Cl3N2O3/c13-7-3-9(15)10(4-8(7)14)20-5-11(18)16-17-12(19)6-1-2-6/h3-4,6H,1-2,5H2,(H,16,18)(H,17,19). The molecule has 2 N–H and O–H groups in total. The molecule has 1 aromatic carbocycles. The Morgan fingerprint density at radius 2 is 1.75 bits per heavy atom. The second-order valence-corrected chi connectivity index (χ2v) is 5.52. The molecular weight excluding hydrogens is 327 g/mol. The Labute approximate surface area is 130 Å². The second-order valence-electron chi connectivity index (χ2n) is 4.30. The minimum atomic E-state index is -0.499. The summed E-state index contributed by atoms with van der Waals surface area (Å²) in [7, 11) is 0. The third-order valence-corrected chi connectivity index (χ3v) is 3.62. The highest BCUT2D eigenvalue weighted by atomic mass is 35.5. The average molecular weight is 338 g/mol. The van der Waals surface area contributed by atoms with E-state index in [0.29, 0.717) is 5.02 Å². The van der Waals surface area contributed by atoms with Crippen LogP contribution in [0.3, 0.4) is 0 Å². The minimum absolute atomic E-state index is 0.0146. The Balaban J connectivity index is 1.80. The van der Waals surface area contributed by atoms with Crippen LogP contribution in [0.25, 0.3) is 0 Å². The SMILES string of the molecule is O=C(COc1cc(Cl)c(Cl)cc1Cl)NNC(=O)C1CC1. The molecule has 20 heavy (non-hydrogen) atoms. The average Bonchev–Trinajstić information content (AvgIpc) is 3.23. The van der Waals surface area contributed by atoms with Crippen LogP contribution in [0.5, 0.6) is 5.75 Å². The fourth-order valence-electron chi connectivity index (χ4n) is 1.37. The fourth-order valence-corrected chi connectivity index (χ4v) is 1.96. The normalized spacial score (nSPS) is 13.8. The van der Waals surface area contributed by atoms with Crippen molar-refractivity contribution in [3.63, 3.8) is 0 Å². The Morgan fingerprint density at radius 3 is 2.40 bits per heavy atom. The van der Waals surface area contributed by atoms with E-state index in [4.69, 9.17) is 39.5 Å². The van der Waals surface area contributed by atoms with Crippen LogP contribution >= 0.6 is 34.8 Å². The molecule has 0 atom stereocenters. The van der Waals surface area contributed by atoms with E-state index in [0.717, 1.165) is 12.8 Å². The summed E-state index contributed by atoms with van der Waals surface area (Å²) in [5.74, 6) is -0.433. The number of carbonyl (C=O) groups is 2. The van der Waals surface area contributed by atoms with Crippen molar-refractivity contribution in [1.29, 1.82) is 0 Å². The number of carbonyl (C=O) groups excluding carboxylic acids is 2. The highest BCUT2D eigenvalue weighted by molar-refractivity contribution is 6.43. The minimum Gasteiger partial charge on any atom is -0.482 e. The molecule has 8 heteroatoms. The maximum absolute atomic E-state index is 11.5. The molecule has 0 heterocycles. The summed E-state index contributed by atoms with van der Waals surface area (Å²) in [6.07, 6.45) is 1.72. The van der Waals surface area contributed by atoms with Gasteiger partial charge in [0.15, 0.2) is 6.61 Å². The van der Waals surface area contributed by atoms with Crippen LogP contribution in [0.1, 0.15) is 12.8 Å². The van der Waals surface area contributed by atoms with Crippen LogP contribution < -0.4 is 15.6 Å². The summed E-state index contributed by atoms with van der Waals surface area (Å²) >= 11 is 17.5. The molecule has 1 fully saturated rings. The summed E-state index contributed by atoms with van der Waals surface area (Å²) < 4.78 is 5.20. The van der Waals surface area contributed by atoms with E-state index in [1.807, 2.05) is 0 Å². The molecule has 1 aliphatic carbocycles. The maximum Gasteiger partial charge on any atom is 0.276 e. The molecular formula is C12H11Cl3N2O3. The molecule has 0 spiro atoms. The highest BCUT2D eigenvalue weighted by Gasteiger charge is 2.29. The van der Waals surface area contributed by atoms with Crippen molar-refractivity contribution in [2.45, 2.75) is 12.8 Å². The first-order valence-electron chi connectivity index (χ1n) is 5.83. The van der Waals surface area contributed by atoms with E-state index in [1.165, 1.54) is 12.1 Å². The van der Waals surface area contributed by atoms with E-state index in [9.17, 15) is 9.59 Å². The molecule has 5 nitrogen and oxygen atoms in total. The Morgan fingerprint density at radius 1 is 1.10 bits per heavy atom. The zero-order valence-corrected chi connectivity index (χ0v) is 12.5. The van der Waals surface area contributed by atoms with Crippen LogP contribution in [-0.2, 0) is 9.59 Å². The summed E-state index contributed by atoms with van der Waals surface area (Å²) in [6, 6.07) is 2.84. The van der Waals surface area contributed by atoms with Crippen molar-refractivity contribution in [3.8, 4) is 5.75 Å². The lowest BCUT2D eigenvalue weighted by atomic mass is 10.3. The van der Waals surface area contributed by atoms with Crippen LogP contribution in [-0.4, -0.2) is 18.4 Å². The van der Waals surface area contributed by atoms with Crippen LogP contribution in [0.2, 0.25) is 15.1 Å². The largest absolute Gasteiger partial charge is 0.482 e. The lowest BCUT2D eigenvalue weighted by molar-refractivity contribution is -0.130. The number of amides is 2. The van der Waals surface area contributed by atoms with Gasteiger partial charge in [-0.25, -0.2) is 0 Å². The molecule has 108 valence electrons. The fraction of sp³-hybridized carbons (Fsp3) is 0.333. The second kappa shape index (κ2) is 6.52. The molecule has 2 rings (SSSR count). The van der Waals surface area contributed by atoms with Crippen molar-refractivity contribution < 1.29 is 14.3 Å². The quantitative estimate of drug-likeness (QED) is 0.655. The zero-order chi connectivity index (χ0) is 14.7. The summed E-state index contributed by atoms with van der Waals surface area (Å²) in [4.78, 5) is 22.8. The number of rotatable bonds is 4. The number of halogens is 3. The lowest BCUT2D eigenvalue weighted by Crippen LogP contribution is -2.44. The van der Waals surface area contributed by atoms with E-state index < -0.39 is 5.91 Å². The molecule has 0 aromatic heterocycles. The molecule has 0 radical (unpaired) electrons. The molecule has 1 saturated carbocycles. The van der Waals surface area contributed by atoms with Gasteiger partial charge in [0.05, 0.1) is 15.1 Å². The first-order chi connectivity index (χ1) is 9.47. The van der Waals surface area contributed by atoms with E-state index in [1.54, 1.807) is 0 Å². The van der Waals surface area contributed by atoms with Gasteiger partial charge in [0, 0.05) is 12.0 Å². The monoisotopic (exact) mass is 336 g/mol. The van der Waals surface area contributed by atoms with Gasteiger partial charge in [-0.3, -0.25) is 20.4 Å². The number of hydrazine groups is 1. The van der Waals surface area contributed by atoms with Gasteiger partial charge in [-0.15, -0.1) is 0 Å². The van der Waals surface area contributed by atoms with Crippen LogP contribution in [0.4, 0.5) is 0 Å². The van der Waals surface area contributed by atoms with Gasteiger partial charge in [-0.05, 0) is 18.9 Å². The molecule has 0 bridgehead atoms. The molecule has 1 aliphatic rings. The number of ether oxygens (including phenoxy) is 1. The maximum atomic E-state index is 11.5. The highest BCUT2D eigenvalue weighted by Crippen LogP contribution is 2.33. The van der Waals surface area contributed by atoms with Crippen LogP contribution in [0.15, 0.2) is 12.1 Å². The Bertz CT molecular complexity index is 547. The van der Waals surface area contributed by atoms with Gasteiger partial charge in [0.25, 0.3) is 5.91 Å². The van der Waals surface area contributed by atoms with Gasteiger partial charge in [-0.2, -0.15) is 0 Å². The molecule has 0 saturated heterocycles. The van der Waals surface area contributed by atoms with Crippen LogP contribution in [0, 0.1) is 5.92 Å². The number of hydrogen-bond acceptors (Lipinski definition) is 3. The first-order valence-corrected chi connectivity index (χ1v) is 6.97. The van der Waals surface area contributed by atoms with Gasteiger partial charge in [0.1, 0.15) is 5.75 Å². The molecule has 2 amide bonds.